The van der Waals surface area contributed by atoms with Crippen LogP contribution in [0.4, 0.5) is 0 Å². The molecule has 0 amide bonds. The van der Waals surface area contributed by atoms with Crippen LogP contribution in [0.2, 0.25) is 0 Å². The SMILES string of the molecule is O=C(C1=COCCC1)C1(N2CCOCC2)CCCC1. The molecule has 0 aromatic rings. The fourth-order valence-electron chi connectivity index (χ4n) is 3.67. The smallest absolute Gasteiger partial charge is 0.182 e. The van der Waals surface area contributed by atoms with Gasteiger partial charge in [0, 0.05) is 18.7 Å². The predicted molar refractivity (Wildman–Crippen MR) is 71.9 cm³/mol. The normalized spacial score (nSPS) is 27.7. The van der Waals surface area contributed by atoms with Crippen molar-refractivity contribution in [2.45, 2.75) is 44.1 Å². The fourth-order valence-corrected chi connectivity index (χ4v) is 3.67. The molecule has 2 heterocycles. The Balaban J connectivity index is 1.82. The van der Waals surface area contributed by atoms with Gasteiger partial charge >= 0.3 is 0 Å². The van der Waals surface area contributed by atoms with Crippen molar-refractivity contribution >= 4 is 5.78 Å². The summed E-state index contributed by atoms with van der Waals surface area (Å²) in [6.07, 6.45) is 7.90. The van der Waals surface area contributed by atoms with Crippen LogP contribution in [0, 0.1) is 0 Å². The molecule has 1 saturated carbocycles. The second-order valence-corrected chi connectivity index (χ2v) is 5.78. The lowest BCUT2D eigenvalue weighted by molar-refractivity contribution is -0.131. The summed E-state index contributed by atoms with van der Waals surface area (Å²) in [5.41, 5.74) is 0.649. The van der Waals surface area contributed by atoms with Crippen molar-refractivity contribution < 1.29 is 14.3 Å². The Kier molecular flexibility index (Phi) is 3.89. The van der Waals surface area contributed by atoms with Gasteiger partial charge in [0.05, 0.1) is 31.6 Å². The Morgan fingerprint density at radius 1 is 1.11 bits per heavy atom. The highest BCUT2D eigenvalue weighted by Gasteiger charge is 2.47. The van der Waals surface area contributed by atoms with Crippen molar-refractivity contribution in [1.29, 1.82) is 0 Å². The lowest BCUT2D eigenvalue weighted by Crippen LogP contribution is -2.57. The van der Waals surface area contributed by atoms with Crippen LogP contribution in [0.1, 0.15) is 38.5 Å². The lowest BCUT2D eigenvalue weighted by atomic mass is 9.84. The minimum Gasteiger partial charge on any atom is -0.501 e. The molecule has 19 heavy (non-hydrogen) atoms. The van der Waals surface area contributed by atoms with Gasteiger partial charge in [-0.25, -0.2) is 0 Å². The molecule has 1 aliphatic carbocycles. The molecule has 0 spiro atoms. The molecule has 3 rings (SSSR count). The number of carbonyl (C=O) groups is 1. The van der Waals surface area contributed by atoms with Crippen molar-refractivity contribution in [2.75, 3.05) is 32.9 Å². The third-order valence-electron chi connectivity index (χ3n) is 4.70. The molecule has 3 aliphatic rings. The second kappa shape index (κ2) is 5.63. The van der Waals surface area contributed by atoms with E-state index in [0.717, 1.165) is 77.0 Å². The summed E-state index contributed by atoms with van der Waals surface area (Å²) in [7, 11) is 0. The molecule has 0 radical (unpaired) electrons. The van der Waals surface area contributed by atoms with E-state index < -0.39 is 0 Å². The molecule has 106 valence electrons. The van der Waals surface area contributed by atoms with Crippen LogP contribution in [0.15, 0.2) is 11.8 Å². The standard InChI is InChI=1S/C15H23NO3/c17-14(13-4-3-9-19-12-13)15(5-1-2-6-15)16-7-10-18-11-8-16/h12H,1-11H2. The van der Waals surface area contributed by atoms with Gasteiger partial charge in [-0.2, -0.15) is 0 Å². The first-order chi connectivity index (χ1) is 9.33. The van der Waals surface area contributed by atoms with E-state index in [0.29, 0.717) is 5.78 Å². The van der Waals surface area contributed by atoms with Crippen LogP contribution in [0.5, 0.6) is 0 Å². The minimum absolute atomic E-state index is 0.254. The van der Waals surface area contributed by atoms with Gasteiger partial charge < -0.3 is 9.47 Å². The van der Waals surface area contributed by atoms with Crippen LogP contribution in [-0.2, 0) is 14.3 Å². The van der Waals surface area contributed by atoms with Crippen molar-refractivity contribution in [1.82, 2.24) is 4.90 Å². The molecule has 0 aromatic heterocycles. The Hall–Kier alpha value is -0.870. The van der Waals surface area contributed by atoms with E-state index in [1.165, 1.54) is 0 Å². The number of carbonyl (C=O) groups excluding carboxylic acids is 1. The zero-order valence-corrected chi connectivity index (χ0v) is 11.5. The van der Waals surface area contributed by atoms with E-state index in [-0.39, 0.29) is 5.54 Å². The molecule has 0 aromatic carbocycles. The Morgan fingerprint density at radius 2 is 1.84 bits per heavy atom. The summed E-state index contributed by atoms with van der Waals surface area (Å²) in [4.78, 5) is 15.4. The number of ether oxygens (including phenoxy) is 2. The van der Waals surface area contributed by atoms with Crippen LogP contribution in [-0.4, -0.2) is 49.1 Å². The van der Waals surface area contributed by atoms with E-state index in [9.17, 15) is 4.79 Å². The van der Waals surface area contributed by atoms with E-state index in [2.05, 4.69) is 4.90 Å². The molecule has 0 bridgehead atoms. The monoisotopic (exact) mass is 265 g/mol. The van der Waals surface area contributed by atoms with Gasteiger partial charge in [-0.3, -0.25) is 9.69 Å². The number of nitrogens with zero attached hydrogens (tertiary/aromatic N) is 1. The topological polar surface area (TPSA) is 38.8 Å². The zero-order valence-electron chi connectivity index (χ0n) is 11.5. The van der Waals surface area contributed by atoms with E-state index >= 15 is 0 Å². The summed E-state index contributed by atoms with van der Waals surface area (Å²) in [6, 6.07) is 0. The van der Waals surface area contributed by atoms with Gasteiger partial charge in [0.2, 0.25) is 0 Å². The molecule has 2 fully saturated rings. The van der Waals surface area contributed by atoms with Crippen LogP contribution >= 0.6 is 0 Å². The first-order valence-electron chi connectivity index (χ1n) is 7.51. The van der Waals surface area contributed by atoms with Crippen molar-refractivity contribution in [3.05, 3.63) is 11.8 Å². The number of ketones is 1. The molecule has 4 nitrogen and oxygen atoms in total. The number of Topliss-reactive ketones (excluding diaryl/α,β-unsaturated/α-hetero) is 1. The predicted octanol–water partition coefficient (Wildman–Crippen LogP) is 1.89. The maximum Gasteiger partial charge on any atom is 0.182 e. The highest BCUT2D eigenvalue weighted by atomic mass is 16.5. The first kappa shape index (κ1) is 13.1. The van der Waals surface area contributed by atoms with E-state index in [1.54, 1.807) is 6.26 Å². The third kappa shape index (κ3) is 2.43. The fraction of sp³-hybridized carbons (Fsp3) is 0.800. The van der Waals surface area contributed by atoms with E-state index in [4.69, 9.17) is 9.47 Å². The van der Waals surface area contributed by atoms with Gasteiger partial charge in [0.25, 0.3) is 0 Å². The van der Waals surface area contributed by atoms with Gasteiger partial charge in [-0.15, -0.1) is 0 Å². The first-order valence-corrected chi connectivity index (χ1v) is 7.51. The molecule has 0 atom stereocenters. The Labute approximate surface area is 114 Å². The second-order valence-electron chi connectivity index (χ2n) is 5.78. The van der Waals surface area contributed by atoms with Gasteiger partial charge in [0.1, 0.15) is 0 Å². The van der Waals surface area contributed by atoms with Gasteiger partial charge in [0.15, 0.2) is 5.78 Å². The highest BCUT2D eigenvalue weighted by molar-refractivity contribution is 6.02. The summed E-state index contributed by atoms with van der Waals surface area (Å²) in [5.74, 6) is 0.326. The van der Waals surface area contributed by atoms with Crippen LogP contribution in [0.3, 0.4) is 0 Å². The highest BCUT2D eigenvalue weighted by Crippen LogP contribution is 2.39. The number of hydrogen-bond donors (Lipinski definition) is 0. The number of morpholine rings is 1. The lowest BCUT2D eigenvalue weighted by Gasteiger charge is -2.42. The zero-order chi connectivity index (χ0) is 13.1. The summed E-state index contributed by atoms with van der Waals surface area (Å²) >= 11 is 0. The summed E-state index contributed by atoms with van der Waals surface area (Å²) < 4.78 is 10.8. The minimum atomic E-state index is -0.254. The third-order valence-corrected chi connectivity index (χ3v) is 4.70. The van der Waals surface area contributed by atoms with Crippen molar-refractivity contribution in [2.24, 2.45) is 0 Å². The molecule has 4 heteroatoms. The maximum atomic E-state index is 13.0. The molecule has 0 N–H and O–H groups in total. The molecular weight excluding hydrogens is 242 g/mol. The summed E-state index contributed by atoms with van der Waals surface area (Å²) in [6.45, 7) is 4.04. The average molecular weight is 265 g/mol. The molecular formula is C15H23NO3. The summed E-state index contributed by atoms with van der Waals surface area (Å²) in [5, 5.41) is 0. The van der Waals surface area contributed by atoms with Crippen molar-refractivity contribution in [3.63, 3.8) is 0 Å². The molecule has 2 aliphatic heterocycles. The maximum absolute atomic E-state index is 13.0. The van der Waals surface area contributed by atoms with E-state index in [1.807, 2.05) is 0 Å². The number of rotatable bonds is 3. The Bertz CT molecular complexity index is 366. The van der Waals surface area contributed by atoms with Crippen molar-refractivity contribution in [3.8, 4) is 0 Å². The quantitative estimate of drug-likeness (QED) is 0.781. The average Bonchev–Trinajstić information content (AvgIpc) is 2.99. The Morgan fingerprint density at radius 3 is 2.47 bits per heavy atom. The molecule has 1 saturated heterocycles. The van der Waals surface area contributed by atoms with Crippen LogP contribution in [0.25, 0.3) is 0 Å². The van der Waals surface area contributed by atoms with Gasteiger partial charge in [-0.05, 0) is 25.7 Å². The number of hydrogen-bond acceptors (Lipinski definition) is 4. The van der Waals surface area contributed by atoms with Gasteiger partial charge in [-0.1, -0.05) is 12.8 Å². The van der Waals surface area contributed by atoms with Crippen LogP contribution < -0.4 is 0 Å². The largest absolute Gasteiger partial charge is 0.501 e. The molecule has 0 unspecified atom stereocenters.